The lowest BCUT2D eigenvalue weighted by atomic mass is 10.2. The van der Waals surface area contributed by atoms with Crippen molar-refractivity contribution in [2.45, 2.75) is 18.9 Å². The fourth-order valence-corrected chi connectivity index (χ4v) is 2.32. The van der Waals surface area contributed by atoms with E-state index >= 15 is 0 Å². The van der Waals surface area contributed by atoms with Gasteiger partial charge in [0.1, 0.15) is 5.69 Å². The zero-order chi connectivity index (χ0) is 13.0. The van der Waals surface area contributed by atoms with E-state index < -0.39 is 0 Å². The molecule has 6 nitrogen and oxygen atoms in total. The predicted octanol–water partition coefficient (Wildman–Crippen LogP) is -0.393. The average molecular weight is 252 g/mol. The van der Waals surface area contributed by atoms with E-state index in [1.165, 1.54) is 0 Å². The largest absolute Gasteiger partial charge is 0.395 e. The number of nitrogens with one attached hydrogen (secondary N) is 1. The Kier molecular flexibility index (Phi) is 4.33. The maximum atomic E-state index is 12.3. The van der Waals surface area contributed by atoms with Gasteiger partial charge in [0, 0.05) is 32.4 Å². The Morgan fingerprint density at radius 2 is 2.56 bits per heavy atom. The zero-order valence-electron chi connectivity index (χ0n) is 10.7. The molecule has 2 N–H and O–H groups in total. The number of hydrogen-bond donors (Lipinski definition) is 2. The molecule has 0 aliphatic carbocycles. The van der Waals surface area contributed by atoms with Crippen molar-refractivity contribution in [3.05, 3.63) is 18.0 Å². The summed E-state index contributed by atoms with van der Waals surface area (Å²) >= 11 is 0. The molecular weight excluding hydrogens is 232 g/mol. The van der Waals surface area contributed by atoms with Gasteiger partial charge in [-0.05, 0) is 25.5 Å². The lowest BCUT2D eigenvalue weighted by molar-refractivity contribution is 0.0695. The van der Waals surface area contributed by atoms with E-state index in [0.29, 0.717) is 24.8 Å². The number of aliphatic hydroxyl groups is 1. The van der Waals surface area contributed by atoms with Gasteiger partial charge in [0.15, 0.2) is 0 Å². The summed E-state index contributed by atoms with van der Waals surface area (Å²) in [5, 5.41) is 16.5. The molecule has 1 aliphatic heterocycles. The second kappa shape index (κ2) is 5.97. The number of carbonyl (C=O) groups excluding carboxylic acids is 1. The van der Waals surface area contributed by atoms with Gasteiger partial charge in [-0.1, -0.05) is 0 Å². The van der Waals surface area contributed by atoms with Gasteiger partial charge in [-0.2, -0.15) is 5.10 Å². The number of nitrogens with zero attached hydrogens (tertiary/aromatic N) is 3. The molecule has 18 heavy (non-hydrogen) atoms. The zero-order valence-corrected chi connectivity index (χ0v) is 10.7. The molecule has 1 atom stereocenters. The highest BCUT2D eigenvalue weighted by Crippen LogP contribution is 2.10. The Hall–Kier alpha value is -1.40. The number of aromatic nitrogens is 2. The summed E-state index contributed by atoms with van der Waals surface area (Å²) in [6.45, 7) is 2.00. The topological polar surface area (TPSA) is 70.4 Å². The number of aryl methyl sites for hydroxylation is 1. The summed E-state index contributed by atoms with van der Waals surface area (Å²) in [6.07, 6.45) is 3.84. The van der Waals surface area contributed by atoms with Crippen molar-refractivity contribution in [3.8, 4) is 0 Å². The van der Waals surface area contributed by atoms with Crippen LogP contribution in [0.4, 0.5) is 0 Å². The standard InChI is InChI=1S/C12H20N4O2/c1-15-11(4-6-14-15)12(18)16(7-8-17)9-10-3-2-5-13-10/h4,6,10,13,17H,2-3,5,7-9H2,1H3. The first-order valence-electron chi connectivity index (χ1n) is 6.34. The third-order valence-electron chi connectivity index (χ3n) is 3.30. The minimum absolute atomic E-state index is 0.0175. The molecule has 0 saturated carbocycles. The summed E-state index contributed by atoms with van der Waals surface area (Å²) in [6, 6.07) is 2.04. The van der Waals surface area contributed by atoms with Crippen molar-refractivity contribution in [2.75, 3.05) is 26.2 Å². The molecule has 0 aromatic carbocycles. The van der Waals surface area contributed by atoms with Gasteiger partial charge >= 0.3 is 0 Å². The fraction of sp³-hybridized carbons (Fsp3) is 0.667. The van der Waals surface area contributed by atoms with E-state index in [9.17, 15) is 4.79 Å². The summed E-state index contributed by atoms with van der Waals surface area (Å²) in [7, 11) is 1.75. The van der Waals surface area contributed by atoms with Gasteiger partial charge in [-0.3, -0.25) is 9.48 Å². The van der Waals surface area contributed by atoms with Crippen molar-refractivity contribution in [2.24, 2.45) is 7.05 Å². The van der Waals surface area contributed by atoms with Gasteiger partial charge in [0.2, 0.25) is 0 Å². The fourth-order valence-electron chi connectivity index (χ4n) is 2.32. The van der Waals surface area contributed by atoms with Crippen molar-refractivity contribution < 1.29 is 9.90 Å². The molecule has 1 aromatic heterocycles. The molecule has 1 aromatic rings. The molecule has 2 heterocycles. The average Bonchev–Trinajstić information content (AvgIpc) is 2.99. The van der Waals surface area contributed by atoms with E-state index in [4.69, 9.17) is 5.11 Å². The van der Waals surface area contributed by atoms with Crippen molar-refractivity contribution >= 4 is 5.91 Å². The van der Waals surface area contributed by atoms with Gasteiger partial charge in [-0.25, -0.2) is 0 Å². The molecule has 0 spiro atoms. The van der Waals surface area contributed by atoms with Crippen LogP contribution in [-0.2, 0) is 7.05 Å². The van der Waals surface area contributed by atoms with Crippen LogP contribution in [0, 0.1) is 0 Å². The maximum absolute atomic E-state index is 12.3. The quantitative estimate of drug-likeness (QED) is 0.748. The summed E-state index contributed by atoms with van der Waals surface area (Å²) in [4.78, 5) is 14.0. The lowest BCUT2D eigenvalue weighted by Crippen LogP contribution is -2.43. The van der Waals surface area contributed by atoms with E-state index in [1.807, 2.05) is 0 Å². The highest BCUT2D eigenvalue weighted by Gasteiger charge is 2.23. The van der Waals surface area contributed by atoms with E-state index in [2.05, 4.69) is 10.4 Å². The lowest BCUT2D eigenvalue weighted by Gasteiger charge is -2.25. The van der Waals surface area contributed by atoms with Crippen LogP contribution >= 0.6 is 0 Å². The summed E-state index contributed by atoms with van der Waals surface area (Å²) < 4.78 is 1.56. The molecule has 0 radical (unpaired) electrons. The SMILES string of the molecule is Cn1nccc1C(=O)N(CCO)CC1CCCN1. The first kappa shape index (κ1) is 13.0. The summed E-state index contributed by atoms with van der Waals surface area (Å²) in [5.74, 6) is -0.0715. The normalized spacial score (nSPS) is 19.1. The monoisotopic (exact) mass is 252 g/mol. The molecular formula is C12H20N4O2. The third kappa shape index (κ3) is 2.88. The molecule has 0 bridgehead atoms. The first-order chi connectivity index (χ1) is 8.72. The van der Waals surface area contributed by atoms with Gasteiger partial charge in [0.25, 0.3) is 5.91 Å². The molecule has 1 fully saturated rings. The summed E-state index contributed by atoms with van der Waals surface area (Å²) in [5.41, 5.74) is 0.557. The van der Waals surface area contributed by atoms with Crippen molar-refractivity contribution in [1.82, 2.24) is 20.0 Å². The van der Waals surface area contributed by atoms with Crippen LogP contribution in [0.3, 0.4) is 0 Å². The molecule has 1 saturated heterocycles. The Labute approximate surface area is 107 Å². The van der Waals surface area contributed by atoms with E-state index in [1.54, 1.807) is 28.9 Å². The van der Waals surface area contributed by atoms with Crippen molar-refractivity contribution in [3.63, 3.8) is 0 Å². The second-order valence-corrected chi connectivity index (χ2v) is 4.61. The Balaban J connectivity index is 2.04. The number of rotatable bonds is 5. The Morgan fingerprint density at radius 3 is 3.11 bits per heavy atom. The molecule has 100 valence electrons. The van der Waals surface area contributed by atoms with Crippen LogP contribution < -0.4 is 5.32 Å². The number of aliphatic hydroxyl groups excluding tert-OH is 1. The minimum Gasteiger partial charge on any atom is -0.395 e. The van der Waals surface area contributed by atoms with Gasteiger partial charge in [0.05, 0.1) is 6.61 Å². The van der Waals surface area contributed by atoms with Gasteiger partial charge < -0.3 is 15.3 Å². The molecule has 2 rings (SSSR count). The van der Waals surface area contributed by atoms with E-state index in [-0.39, 0.29) is 12.5 Å². The van der Waals surface area contributed by atoms with Crippen LogP contribution in [-0.4, -0.2) is 58.0 Å². The minimum atomic E-state index is -0.0715. The Morgan fingerprint density at radius 1 is 1.72 bits per heavy atom. The number of carbonyl (C=O) groups is 1. The number of hydrogen-bond acceptors (Lipinski definition) is 4. The van der Waals surface area contributed by atoms with Crippen molar-refractivity contribution in [1.29, 1.82) is 0 Å². The predicted molar refractivity (Wildman–Crippen MR) is 67.2 cm³/mol. The highest BCUT2D eigenvalue weighted by atomic mass is 16.3. The number of amides is 1. The van der Waals surface area contributed by atoms with Gasteiger partial charge in [-0.15, -0.1) is 0 Å². The smallest absolute Gasteiger partial charge is 0.272 e. The maximum Gasteiger partial charge on any atom is 0.272 e. The van der Waals surface area contributed by atoms with E-state index in [0.717, 1.165) is 19.4 Å². The first-order valence-corrected chi connectivity index (χ1v) is 6.34. The highest BCUT2D eigenvalue weighted by molar-refractivity contribution is 5.92. The van der Waals surface area contributed by atoms with Crippen LogP contribution in [0.2, 0.25) is 0 Å². The second-order valence-electron chi connectivity index (χ2n) is 4.61. The Bertz CT molecular complexity index is 399. The van der Waals surface area contributed by atoms with Crippen LogP contribution in [0.25, 0.3) is 0 Å². The van der Waals surface area contributed by atoms with Crippen LogP contribution in [0.5, 0.6) is 0 Å². The van der Waals surface area contributed by atoms with Crippen LogP contribution in [0.1, 0.15) is 23.3 Å². The molecule has 1 unspecified atom stereocenters. The molecule has 1 amide bonds. The molecule has 1 aliphatic rings. The van der Waals surface area contributed by atoms with Crippen LogP contribution in [0.15, 0.2) is 12.3 Å². The third-order valence-corrected chi connectivity index (χ3v) is 3.30. The molecule has 6 heteroatoms.